The molecule has 1 aliphatic rings. The lowest BCUT2D eigenvalue weighted by Crippen LogP contribution is -2.14. The van der Waals surface area contributed by atoms with Crippen LogP contribution < -0.4 is 9.47 Å². The molecular formula is C24H20Cl2O4. The van der Waals surface area contributed by atoms with E-state index >= 15 is 0 Å². The Labute approximate surface area is 184 Å². The number of rotatable bonds is 5. The number of benzene rings is 3. The first-order valence-corrected chi connectivity index (χ1v) is 10.5. The smallest absolute Gasteiger partial charge is 0.409 e. The lowest BCUT2D eigenvalue weighted by atomic mass is 9.80. The number of carbonyl (C=O) groups is 2. The molecule has 0 saturated carbocycles. The molecule has 6 heteroatoms. The van der Waals surface area contributed by atoms with Gasteiger partial charge in [-0.3, -0.25) is 4.79 Å². The van der Waals surface area contributed by atoms with Crippen molar-refractivity contribution >= 4 is 44.6 Å². The van der Waals surface area contributed by atoms with E-state index in [9.17, 15) is 9.59 Å². The lowest BCUT2D eigenvalue weighted by Gasteiger charge is -2.27. The van der Waals surface area contributed by atoms with Crippen molar-refractivity contribution in [3.63, 3.8) is 0 Å². The molecule has 3 aromatic carbocycles. The normalized spacial score (nSPS) is 15.5. The van der Waals surface area contributed by atoms with Gasteiger partial charge in [0.2, 0.25) is 0 Å². The number of halogens is 2. The van der Waals surface area contributed by atoms with E-state index in [1.54, 1.807) is 6.07 Å². The van der Waals surface area contributed by atoms with E-state index in [0.717, 1.165) is 46.7 Å². The second kappa shape index (κ2) is 8.66. The van der Waals surface area contributed by atoms with E-state index in [1.165, 1.54) is 5.56 Å². The topological polar surface area (TPSA) is 52.6 Å². The Bertz CT molecular complexity index is 1140. The first-order chi connectivity index (χ1) is 14.4. The SMILES string of the molecule is CC1CCc2c(ccc(OCC(=O)Cl)c2-c2c(OC(=O)Cl)ccc3ccccc23)C1. The molecule has 4 nitrogen and oxygen atoms in total. The number of hydrogen-bond donors (Lipinski definition) is 0. The summed E-state index contributed by atoms with van der Waals surface area (Å²) in [4.78, 5) is 23.0. The van der Waals surface area contributed by atoms with E-state index in [2.05, 4.69) is 6.92 Å². The van der Waals surface area contributed by atoms with E-state index in [4.69, 9.17) is 32.7 Å². The van der Waals surface area contributed by atoms with Gasteiger partial charge in [0.25, 0.3) is 5.24 Å². The maximum atomic E-state index is 11.6. The van der Waals surface area contributed by atoms with E-state index in [-0.39, 0.29) is 6.61 Å². The minimum absolute atomic E-state index is 0.251. The third-order valence-corrected chi connectivity index (χ3v) is 5.69. The van der Waals surface area contributed by atoms with Crippen LogP contribution in [0.3, 0.4) is 0 Å². The summed E-state index contributed by atoms with van der Waals surface area (Å²) in [5.41, 5.74) is 3.00. The number of carbonyl (C=O) groups excluding carboxylic acids is 2. The molecule has 0 heterocycles. The van der Waals surface area contributed by atoms with Crippen molar-refractivity contribution in [2.24, 2.45) is 5.92 Å². The highest BCUT2D eigenvalue weighted by Gasteiger charge is 2.26. The maximum absolute atomic E-state index is 11.6. The summed E-state index contributed by atoms with van der Waals surface area (Å²) in [6, 6.07) is 15.4. The zero-order valence-electron chi connectivity index (χ0n) is 16.4. The Hall–Kier alpha value is -2.56. The Morgan fingerprint density at radius 3 is 2.53 bits per heavy atom. The van der Waals surface area contributed by atoms with Crippen LogP contribution in [0.25, 0.3) is 21.9 Å². The van der Waals surface area contributed by atoms with Crippen LogP contribution in [-0.4, -0.2) is 17.3 Å². The molecule has 0 bridgehead atoms. The molecule has 1 aliphatic carbocycles. The highest BCUT2D eigenvalue weighted by Crippen LogP contribution is 2.46. The fourth-order valence-electron chi connectivity index (χ4n) is 4.22. The van der Waals surface area contributed by atoms with Crippen molar-refractivity contribution in [1.29, 1.82) is 0 Å². The van der Waals surface area contributed by atoms with Crippen LogP contribution in [0.5, 0.6) is 11.5 Å². The molecule has 0 aromatic heterocycles. The Morgan fingerprint density at radius 1 is 1.00 bits per heavy atom. The van der Waals surface area contributed by atoms with Gasteiger partial charge in [-0.1, -0.05) is 43.3 Å². The van der Waals surface area contributed by atoms with Crippen LogP contribution in [0.2, 0.25) is 0 Å². The van der Waals surface area contributed by atoms with Crippen molar-refractivity contribution in [2.75, 3.05) is 6.61 Å². The van der Waals surface area contributed by atoms with Gasteiger partial charge in [0.05, 0.1) is 0 Å². The van der Waals surface area contributed by atoms with Gasteiger partial charge in [-0.05, 0) is 70.8 Å². The van der Waals surface area contributed by atoms with Crippen molar-refractivity contribution in [3.8, 4) is 22.6 Å². The summed E-state index contributed by atoms with van der Waals surface area (Å²) < 4.78 is 11.2. The summed E-state index contributed by atoms with van der Waals surface area (Å²) in [5.74, 6) is 1.46. The third-order valence-electron chi connectivity index (χ3n) is 5.50. The fraction of sp³-hybridized carbons (Fsp3) is 0.250. The molecule has 0 radical (unpaired) electrons. The van der Waals surface area contributed by atoms with Gasteiger partial charge >= 0.3 is 5.43 Å². The summed E-state index contributed by atoms with van der Waals surface area (Å²) in [7, 11) is 0. The minimum atomic E-state index is -0.914. The van der Waals surface area contributed by atoms with Gasteiger partial charge in [0.1, 0.15) is 11.5 Å². The second-order valence-corrected chi connectivity index (χ2v) is 8.30. The molecule has 30 heavy (non-hydrogen) atoms. The molecule has 0 aliphatic heterocycles. The summed E-state index contributed by atoms with van der Waals surface area (Å²) in [5, 5.41) is 1.31. The highest BCUT2D eigenvalue weighted by atomic mass is 35.5. The summed E-state index contributed by atoms with van der Waals surface area (Å²) in [6.45, 7) is 1.98. The number of fused-ring (bicyclic) bond motifs is 2. The molecule has 0 saturated heterocycles. The third kappa shape index (κ3) is 4.16. The molecule has 1 unspecified atom stereocenters. The highest BCUT2D eigenvalue weighted by molar-refractivity contribution is 6.64. The molecule has 4 rings (SSSR count). The first-order valence-electron chi connectivity index (χ1n) is 9.79. The maximum Gasteiger partial charge on any atom is 0.409 e. The van der Waals surface area contributed by atoms with Crippen LogP contribution >= 0.6 is 23.2 Å². The van der Waals surface area contributed by atoms with Crippen molar-refractivity contribution in [3.05, 3.63) is 59.7 Å². The van der Waals surface area contributed by atoms with Crippen LogP contribution in [0, 0.1) is 5.92 Å². The zero-order valence-corrected chi connectivity index (χ0v) is 17.9. The van der Waals surface area contributed by atoms with Crippen molar-refractivity contribution in [1.82, 2.24) is 0 Å². The van der Waals surface area contributed by atoms with E-state index in [0.29, 0.717) is 17.4 Å². The largest absolute Gasteiger partial charge is 0.484 e. The second-order valence-electron chi connectivity index (χ2n) is 7.57. The van der Waals surface area contributed by atoms with Crippen LogP contribution in [0.4, 0.5) is 4.79 Å². The Balaban J connectivity index is 2.02. The van der Waals surface area contributed by atoms with Gasteiger partial charge in [0, 0.05) is 22.7 Å². The van der Waals surface area contributed by atoms with Gasteiger partial charge in [0.15, 0.2) is 6.61 Å². The fourth-order valence-corrected chi connectivity index (χ4v) is 4.36. The van der Waals surface area contributed by atoms with Gasteiger partial charge in [-0.25, -0.2) is 4.79 Å². The lowest BCUT2D eigenvalue weighted by molar-refractivity contribution is -0.113. The van der Waals surface area contributed by atoms with Gasteiger partial charge in [-0.2, -0.15) is 0 Å². The van der Waals surface area contributed by atoms with Gasteiger partial charge < -0.3 is 9.47 Å². The van der Waals surface area contributed by atoms with E-state index in [1.807, 2.05) is 42.5 Å². The van der Waals surface area contributed by atoms with Crippen molar-refractivity contribution < 1.29 is 19.1 Å². The predicted molar refractivity (Wildman–Crippen MR) is 119 cm³/mol. The Kier molecular flexibility index (Phi) is 5.98. The van der Waals surface area contributed by atoms with Gasteiger partial charge in [-0.15, -0.1) is 0 Å². The Morgan fingerprint density at radius 2 is 1.77 bits per heavy atom. The molecule has 0 N–H and O–H groups in total. The quantitative estimate of drug-likeness (QED) is 0.422. The molecule has 3 aromatic rings. The standard InChI is InChI=1S/C24H20Cl2O4/c1-14-6-9-18-16(12-14)8-10-19(29-13-21(25)27)22(18)23-17-5-3-2-4-15(17)7-11-20(23)30-24(26)28/h2-5,7-8,10-11,14H,6,9,12-13H2,1H3. The number of hydrogen-bond acceptors (Lipinski definition) is 4. The number of ether oxygens (including phenoxy) is 2. The molecule has 0 fully saturated rings. The molecule has 0 amide bonds. The monoisotopic (exact) mass is 442 g/mol. The summed E-state index contributed by atoms with van der Waals surface area (Å²) >= 11 is 11.1. The first kappa shape index (κ1) is 20.7. The van der Waals surface area contributed by atoms with Crippen LogP contribution in [0.15, 0.2) is 48.5 Å². The molecular weight excluding hydrogens is 423 g/mol. The predicted octanol–water partition coefficient (Wildman–Crippen LogP) is 6.51. The summed E-state index contributed by atoms with van der Waals surface area (Å²) in [6.07, 6.45) is 2.84. The molecule has 0 spiro atoms. The van der Waals surface area contributed by atoms with E-state index < -0.39 is 10.7 Å². The molecule has 154 valence electrons. The van der Waals surface area contributed by atoms with Crippen molar-refractivity contribution in [2.45, 2.75) is 26.2 Å². The minimum Gasteiger partial charge on any atom is -0.484 e. The molecule has 1 atom stereocenters. The average molecular weight is 443 g/mol. The van der Waals surface area contributed by atoms with Crippen LogP contribution in [-0.2, 0) is 17.6 Å². The van der Waals surface area contributed by atoms with Crippen LogP contribution in [0.1, 0.15) is 24.5 Å². The zero-order chi connectivity index (χ0) is 21.3. The average Bonchev–Trinajstić information content (AvgIpc) is 2.71.